The van der Waals surface area contributed by atoms with Crippen LogP contribution in [-0.4, -0.2) is 17.3 Å². The van der Waals surface area contributed by atoms with Crippen LogP contribution < -0.4 is 4.74 Å². The molecule has 0 aliphatic heterocycles. The average molecular weight is 305 g/mol. The van der Waals surface area contributed by atoms with E-state index in [1.807, 2.05) is 12.1 Å². The predicted octanol–water partition coefficient (Wildman–Crippen LogP) is 4.47. The molecule has 0 heterocycles. The third-order valence-electron chi connectivity index (χ3n) is 3.55. The molecule has 2 aromatic rings. The lowest BCUT2D eigenvalue weighted by molar-refractivity contribution is -0.383. The summed E-state index contributed by atoms with van der Waals surface area (Å²) in [6.07, 6.45) is 2.01. The molecular formula is C16H19NO3S. The Morgan fingerprint density at radius 3 is 2.57 bits per heavy atom. The Hall–Kier alpha value is -1.75. The van der Waals surface area contributed by atoms with Crippen molar-refractivity contribution in [1.29, 1.82) is 0 Å². The zero-order valence-electron chi connectivity index (χ0n) is 12.0. The van der Waals surface area contributed by atoms with E-state index in [1.54, 1.807) is 18.2 Å². The topological polar surface area (TPSA) is 52.4 Å². The molecule has 0 radical (unpaired) electrons. The van der Waals surface area contributed by atoms with Crippen LogP contribution in [0, 0.1) is 16.0 Å². The van der Waals surface area contributed by atoms with Crippen molar-refractivity contribution in [1.82, 2.24) is 0 Å². The molecule has 2 rings (SSSR count). The first-order valence-corrected chi connectivity index (χ1v) is 7.66. The van der Waals surface area contributed by atoms with Gasteiger partial charge in [0.15, 0.2) is 0 Å². The molecule has 0 fully saturated rings. The number of benzene rings is 2. The zero-order valence-corrected chi connectivity index (χ0v) is 12.9. The Bertz CT molecular complexity index is 630. The van der Waals surface area contributed by atoms with E-state index in [9.17, 15) is 10.1 Å². The van der Waals surface area contributed by atoms with Gasteiger partial charge in [0.1, 0.15) is 5.75 Å². The van der Waals surface area contributed by atoms with Crippen LogP contribution in [0.5, 0.6) is 5.75 Å². The average Bonchev–Trinajstić information content (AvgIpc) is 2.47. The number of non-ortho nitro benzene ring substituents is 1. The summed E-state index contributed by atoms with van der Waals surface area (Å²) >= 11 is 4.23. The van der Waals surface area contributed by atoms with Crippen molar-refractivity contribution in [2.75, 3.05) is 12.4 Å². The molecule has 21 heavy (non-hydrogen) atoms. The van der Waals surface area contributed by atoms with Crippen molar-refractivity contribution in [3.8, 4) is 5.75 Å². The summed E-state index contributed by atoms with van der Waals surface area (Å²) in [7, 11) is 0. The smallest absolute Gasteiger partial charge is 0.277 e. The van der Waals surface area contributed by atoms with Crippen molar-refractivity contribution in [3.63, 3.8) is 0 Å². The summed E-state index contributed by atoms with van der Waals surface area (Å²) in [6, 6.07) is 10.5. The van der Waals surface area contributed by atoms with E-state index in [4.69, 9.17) is 4.74 Å². The molecular weight excluding hydrogens is 286 g/mol. The lowest BCUT2D eigenvalue weighted by Crippen LogP contribution is -2.05. The largest absolute Gasteiger partial charge is 0.493 e. The summed E-state index contributed by atoms with van der Waals surface area (Å²) in [6.45, 7) is 2.78. The van der Waals surface area contributed by atoms with Gasteiger partial charge in [-0.1, -0.05) is 25.1 Å². The second kappa shape index (κ2) is 7.31. The number of nitro benzene ring substituents is 1. The first kappa shape index (κ1) is 15.6. The minimum Gasteiger partial charge on any atom is -0.493 e. The van der Waals surface area contributed by atoms with Gasteiger partial charge in [-0.25, -0.2) is 0 Å². The highest BCUT2D eigenvalue weighted by atomic mass is 32.1. The first-order chi connectivity index (χ1) is 10.1. The summed E-state index contributed by atoms with van der Waals surface area (Å²) in [5, 5.41) is 12.5. The van der Waals surface area contributed by atoms with Gasteiger partial charge >= 0.3 is 0 Å². The molecule has 1 unspecified atom stereocenters. The minimum absolute atomic E-state index is 0.112. The van der Waals surface area contributed by atoms with Crippen LogP contribution in [0.3, 0.4) is 0 Å². The quantitative estimate of drug-likeness (QED) is 0.466. The third-order valence-corrected chi connectivity index (χ3v) is 3.81. The number of ether oxygens (including phenoxy) is 1. The molecule has 1 atom stereocenters. The second-order valence-corrected chi connectivity index (χ2v) is 5.59. The molecule has 2 aromatic carbocycles. The number of rotatable bonds is 7. The van der Waals surface area contributed by atoms with Crippen LogP contribution >= 0.6 is 12.6 Å². The maximum absolute atomic E-state index is 11.1. The van der Waals surface area contributed by atoms with Crippen LogP contribution in [0.2, 0.25) is 0 Å². The number of thiol groups is 1. The lowest BCUT2D eigenvalue weighted by Gasteiger charge is -2.12. The van der Waals surface area contributed by atoms with Crippen LogP contribution in [0.25, 0.3) is 10.8 Å². The number of fused-ring (bicyclic) bond motifs is 1. The van der Waals surface area contributed by atoms with E-state index in [1.165, 1.54) is 6.07 Å². The summed E-state index contributed by atoms with van der Waals surface area (Å²) in [5.74, 6) is 2.14. The number of hydrogen-bond acceptors (Lipinski definition) is 4. The second-order valence-electron chi connectivity index (χ2n) is 5.14. The van der Waals surface area contributed by atoms with E-state index in [-0.39, 0.29) is 10.6 Å². The van der Waals surface area contributed by atoms with Crippen molar-refractivity contribution in [2.24, 2.45) is 5.92 Å². The number of nitrogens with zero attached hydrogens (tertiary/aromatic N) is 1. The molecule has 0 aliphatic carbocycles. The molecule has 0 aromatic heterocycles. The molecule has 0 amide bonds. The van der Waals surface area contributed by atoms with Gasteiger partial charge in [-0.3, -0.25) is 10.1 Å². The monoisotopic (exact) mass is 305 g/mol. The van der Waals surface area contributed by atoms with E-state index in [2.05, 4.69) is 19.6 Å². The van der Waals surface area contributed by atoms with Crippen molar-refractivity contribution in [2.45, 2.75) is 19.8 Å². The van der Waals surface area contributed by atoms with E-state index >= 15 is 0 Å². The minimum atomic E-state index is -0.360. The Kier molecular flexibility index (Phi) is 5.44. The van der Waals surface area contributed by atoms with Crippen molar-refractivity contribution >= 4 is 29.1 Å². The van der Waals surface area contributed by atoms with Crippen molar-refractivity contribution in [3.05, 3.63) is 46.5 Å². The predicted molar refractivity (Wildman–Crippen MR) is 88.3 cm³/mol. The zero-order chi connectivity index (χ0) is 15.2. The first-order valence-electron chi connectivity index (χ1n) is 7.03. The van der Waals surface area contributed by atoms with Gasteiger partial charge < -0.3 is 4.74 Å². The highest BCUT2D eigenvalue weighted by Crippen LogP contribution is 2.32. The Balaban J connectivity index is 2.18. The normalized spacial score (nSPS) is 12.3. The fraction of sp³-hybridized carbons (Fsp3) is 0.375. The van der Waals surface area contributed by atoms with E-state index in [0.717, 1.165) is 24.0 Å². The highest BCUT2D eigenvalue weighted by molar-refractivity contribution is 7.80. The van der Waals surface area contributed by atoms with Crippen LogP contribution in [0.15, 0.2) is 36.4 Å². The van der Waals surface area contributed by atoms with Crippen LogP contribution in [0.4, 0.5) is 5.69 Å². The van der Waals surface area contributed by atoms with Gasteiger partial charge in [0, 0.05) is 11.5 Å². The lowest BCUT2D eigenvalue weighted by atomic mass is 10.1. The van der Waals surface area contributed by atoms with Crippen LogP contribution in [0.1, 0.15) is 19.8 Å². The Morgan fingerprint density at radius 1 is 1.19 bits per heavy atom. The van der Waals surface area contributed by atoms with E-state index < -0.39 is 0 Å². The number of nitro groups is 1. The standard InChI is InChI=1S/C16H19NO3S/c1-12(9-11-21)8-10-20-16-7-6-15(17(18)19)13-4-2-3-5-14(13)16/h2-7,12,21H,8-11H2,1H3. The molecule has 0 saturated carbocycles. The fourth-order valence-electron chi connectivity index (χ4n) is 2.28. The van der Waals surface area contributed by atoms with Gasteiger partial charge in [-0.2, -0.15) is 12.6 Å². The third kappa shape index (κ3) is 3.88. The van der Waals surface area contributed by atoms with Crippen molar-refractivity contribution < 1.29 is 9.66 Å². The molecule has 0 saturated heterocycles. The summed E-state index contributed by atoms with van der Waals surface area (Å²) < 4.78 is 5.82. The number of hydrogen-bond donors (Lipinski definition) is 1. The fourth-order valence-corrected chi connectivity index (χ4v) is 2.72. The molecule has 0 N–H and O–H groups in total. The van der Waals surface area contributed by atoms with Gasteiger partial charge in [-0.05, 0) is 36.6 Å². The van der Waals surface area contributed by atoms with Gasteiger partial charge in [0.25, 0.3) is 5.69 Å². The highest BCUT2D eigenvalue weighted by Gasteiger charge is 2.14. The molecule has 0 spiro atoms. The molecule has 4 nitrogen and oxygen atoms in total. The van der Waals surface area contributed by atoms with E-state index in [0.29, 0.717) is 23.7 Å². The Morgan fingerprint density at radius 2 is 1.90 bits per heavy atom. The maximum Gasteiger partial charge on any atom is 0.277 e. The Labute approximate surface area is 129 Å². The van der Waals surface area contributed by atoms with Crippen LogP contribution in [-0.2, 0) is 0 Å². The van der Waals surface area contributed by atoms with Gasteiger partial charge in [0.05, 0.1) is 16.9 Å². The molecule has 0 aliphatic rings. The van der Waals surface area contributed by atoms with Gasteiger partial charge in [0.2, 0.25) is 0 Å². The molecule has 5 heteroatoms. The van der Waals surface area contributed by atoms with Gasteiger partial charge in [-0.15, -0.1) is 0 Å². The SMILES string of the molecule is CC(CCS)CCOc1ccc([N+](=O)[O-])c2ccccc12. The summed E-state index contributed by atoms with van der Waals surface area (Å²) in [5.41, 5.74) is 0.112. The maximum atomic E-state index is 11.1. The molecule has 0 bridgehead atoms. The molecule has 112 valence electrons. The summed E-state index contributed by atoms with van der Waals surface area (Å²) in [4.78, 5) is 10.7.